The fourth-order valence-electron chi connectivity index (χ4n) is 3.89. The summed E-state index contributed by atoms with van der Waals surface area (Å²) in [5, 5.41) is 7.74. The lowest BCUT2D eigenvalue weighted by molar-refractivity contribution is -0.123. The molecule has 1 aromatic carbocycles. The second-order valence-electron chi connectivity index (χ2n) is 7.40. The van der Waals surface area contributed by atoms with Crippen LogP contribution in [0, 0.1) is 13.8 Å². The van der Waals surface area contributed by atoms with Gasteiger partial charge in [-0.05, 0) is 51.0 Å². The number of methoxy groups -OCH3 is 1. The molecule has 0 saturated heterocycles. The fraction of sp³-hybridized carbons (Fsp3) is 0.364. The second kappa shape index (κ2) is 7.19. The molecule has 0 radical (unpaired) electrons. The van der Waals surface area contributed by atoms with Gasteiger partial charge >= 0.3 is 0 Å². The molecule has 6 heteroatoms. The lowest BCUT2D eigenvalue weighted by Crippen LogP contribution is -2.39. The van der Waals surface area contributed by atoms with Crippen molar-refractivity contribution < 1.29 is 13.9 Å². The number of amides is 1. The number of aromatic nitrogens is 2. The van der Waals surface area contributed by atoms with Crippen molar-refractivity contribution in [1.82, 2.24) is 15.1 Å². The van der Waals surface area contributed by atoms with Gasteiger partial charge in [-0.3, -0.25) is 9.48 Å². The standard InChI is InChI=1S/C22H25N3O3/c1-15-13-16(2)25(24-15)18(20-9-6-12-28-20)14-23-21(26)22(10-11-22)17-7-4-5-8-19(17)27-3/h4-9,12-13,18H,10-11,14H2,1-3H3,(H,23,26). The molecule has 1 atom stereocenters. The van der Waals surface area contributed by atoms with E-state index in [0.29, 0.717) is 6.54 Å². The van der Waals surface area contributed by atoms with Gasteiger partial charge in [0.25, 0.3) is 0 Å². The van der Waals surface area contributed by atoms with E-state index in [0.717, 1.165) is 41.3 Å². The van der Waals surface area contributed by atoms with Crippen LogP contribution < -0.4 is 10.1 Å². The minimum absolute atomic E-state index is 0.0232. The molecular weight excluding hydrogens is 354 g/mol. The normalized spacial score (nSPS) is 15.8. The summed E-state index contributed by atoms with van der Waals surface area (Å²) in [6, 6.07) is 13.4. The Morgan fingerprint density at radius 3 is 2.68 bits per heavy atom. The predicted octanol–water partition coefficient (Wildman–Crippen LogP) is 3.54. The molecule has 0 aliphatic heterocycles. The summed E-state index contributed by atoms with van der Waals surface area (Å²) in [5.41, 5.74) is 2.41. The average Bonchev–Trinajstić information content (AvgIpc) is 3.20. The summed E-state index contributed by atoms with van der Waals surface area (Å²) in [6.07, 6.45) is 3.29. The number of benzene rings is 1. The lowest BCUT2D eigenvalue weighted by Gasteiger charge is -2.22. The van der Waals surface area contributed by atoms with Crippen molar-refractivity contribution >= 4 is 5.91 Å². The van der Waals surface area contributed by atoms with Gasteiger partial charge in [-0.1, -0.05) is 18.2 Å². The first-order valence-corrected chi connectivity index (χ1v) is 9.53. The molecule has 1 fully saturated rings. The lowest BCUT2D eigenvalue weighted by atomic mass is 9.94. The summed E-state index contributed by atoms with van der Waals surface area (Å²) in [4.78, 5) is 13.2. The van der Waals surface area contributed by atoms with Crippen LogP contribution in [0.15, 0.2) is 53.1 Å². The number of nitrogens with one attached hydrogen (secondary N) is 1. The van der Waals surface area contributed by atoms with Crippen LogP contribution in [-0.2, 0) is 10.2 Å². The monoisotopic (exact) mass is 379 g/mol. The van der Waals surface area contributed by atoms with E-state index in [1.54, 1.807) is 13.4 Å². The molecule has 1 unspecified atom stereocenters. The Labute approximate surface area is 164 Å². The largest absolute Gasteiger partial charge is 0.496 e. The quantitative estimate of drug-likeness (QED) is 0.682. The van der Waals surface area contributed by atoms with Crippen LogP contribution in [0.1, 0.15) is 41.6 Å². The predicted molar refractivity (Wildman–Crippen MR) is 105 cm³/mol. The van der Waals surface area contributed by atoms with Crippen molar-refractivity contribution in [2.75, 3.05) is 13.7 Å². The van der Waals surface area contributed by atoms with Crippen LogP contribution in [0.3, 0.4) is 0 Å². The highest BCUT2D eigenvalue weighted by atomic mass is 16.5. The van der Waals surface area contributed by atoms with Crippen molar-refractivity contribution in [3.63, 3.8) is 0 Å². The minimum Gasteiger partial charge on any atom is -0.496 e. The number of para-hydroxylation sites is 1. The SMILES string of the molecule is COc1ccccc1C1(C(=O)NCC(c2ccco2)n2nc(C)cc2C)CC1. The number of carbonyl (C=O) groups is 1. The van der Waals surface area contributed by atoms with Crippen LogP contribution in [0.2, 0.25) is 0 Å². The summed E-state index contributed by atoms with van der Waals surface area (Å²) < 4.78 is 13.0. The van der Waals surface area contributed by atoms with E-state index in [4.69, 9.17) is 9.15 Å². The Hall–Kier alpha value is -3.02. The second-order valence-corrected chi connectivity index (χ2v) is 7.40. The first-order valence-electron chi connectivity index (χ1n) is 9.53. The molecule has 28 heavy (non-hydrogen) atoms. The van der Waals surface area contributed by atoms with Gasteiger partial charge in [0.2, 0.25) is 5.91 Å². The van der Waals surface area contributed by atoms with E-state index >= 15 is 0 Å². The van der Waals surface area contributed by atoms with E-state index in [2.05, 4.69) is 10.4 Å². The molecule has 2 heterocycles. The smallest absolute Gasteiger partial charge is 0.230 e. The third-order valence-electron chi connectivity index (χ3n) is 5.47. The number of nitrogens with zero attached hydrogens (tertiary/aromatic N) is 2. The molecule has 0 spiro atoms. The van der Waals surface area contributed by atoms with E-state index in [1.807, 2.05) is 61.0 Å². The zero-order valence-electron chi connectivity index (χ0n) is 16.4. The van der Waals surface area contributed by atoms with Gasteiger partial charge < -0.3 is 14.5 Å². The van der Waals surface area contributed by atoms with Gasteiger partial charge in [0.05, 0.1) is 24.5 Å². The van der Waals surface area contributed by atoms with Crippen LogP contribution in [0.5, 0.6) is 5.75 Å². The number of hydrogen-bond acceptors (Lipinski definition) is 4. The van der Waals surface area contributed by atoms with Crippen molar-refractivity contribution in [3.8, 4) is 5.75 Å². The number of ether oxygens (including phenoxy) is 1. The molecule has 1 N–H and O–H groups in total. The number of furan rings is 1. The topological polar surface area (TPSA) is 69.3 Å². The molecule has 0 bridgehead atoms. The Kier molecular flexibility index (Phi) is 4.71. The highest BCUT2D eigenvalue weighted by Gasteiger charge is 2.52. The van der Waals surface area contributed by atoms with Gasteiger partial charge in [0.1, 0.15) is 17.6 Å². The zero-order chi connectivity index (χ0) is 19.7. The Morgan fingerprint density at radius 2 is 2.07 bits per heavy atom. The fourth-order valence-corrected chi connectivity index (χ4v) is 3.89. The highest BCUT2D eigenvalue weighted by molar-refractivity contribution is 5.92. The van der Waals surface area contributed by atoms with Crippen LogP contribution >= 0.6 is 0 Å². The third kappa shape index (κ3) is 3.19. The molecule has 3 aromatic rings. The Bertz CT molecular complexity index is 971. The van der Waals surface area contributed by atoms with Gasteiger partial charge in [-0.15, -0.1) is 0 Å². The zero-order valence-corrected chi connectivity index (χ0v) is 16.4. The van der Waals surface area contributed by atoms with Crippen molar-refractivity contribution in [2.45, 2.75) is 38.1 Å². The van der Waals surface area contributed by atoms with Crippen molar-refractivity contribution in [1.29, 1.82) is 0 Å². The summed E-state index contributed by atoms with van der Waals surface area (Å²) in [5.74, 6) is 1.56. The van der Waals surface area contributed by atoms with Crippen molar-refractivity contribution in [2.24, 2.45) is 0 Å². The molecule has 6 nitrogen and oxygen atoms in total. The first-order chi connectivity index (χ1) is 13.5. The summed E-state index contributed by atoms with van der Waals surface area (Å²) in [7, 11) is 1.64. The minimum atomic E-state index is -0.505. The molecule has 1 saturated carbocycles. The third-order valence-corrected chi connectivity index (χ3v) is 5.47. The Balaban J connectivity index is 1.56. The average molecular weight is 379 g/mol. The van der Waals surface area contributed by atoms with Crippen LogP contribution in [0.25, 0.3) is 0 Å². The van der Waals surface area contributed by atoms with E-state index in [1.165, 1.54) is 0 Å². The number of rotatable bonds is 7. The van der Waals surface area contributed by atoms with Gasteiger partial charge in [0, 0.05) is 17.8 Å². The number of aryl methyl sites for hydroxylation is 2. The molecule has 1 aliphatic rings. The number of carbonyl (C=O) groups excluding carboxylic acids is 1. The van der Waals surface area contributed by atoms with Gasteiger partial charge in [-0.25, -0.2) is 0 Å². The molecule has 2 aromatic heterocycles. The highest BCUT2D eigenvalue weighted by Crippen LogP contribution is 2.51. The molecule has 1 aliphatic carbocycles. The Morgan fingerprint density at radius 1 is 1.29 bits per heavy atom. The maximum Gasteiger partial charge on any atom is 0.230 e. The molecule has 1 amide bonds. The summed E-state index contributed by atoms with van der Waals surface area (Å²) in [6.45, 7) is 4.38. The van der Waals surface area contributed by atoms with E-state index < -0.39 is 5.41 Å². The molecular formula is C22H25N3O3. The number of hydrogen-bond donors (Lipinski definition) is 1. The first kappa shape index (κ1) is 18.3. The molecule has 4 rings (SSSR count). The maximum atomic E-state index is 13.2. The van der Waals surface area contributed by atoms with Gasteiger partial charge in [0.15, 0.2) is 0 Å². The van der Waals surface area contributed by atoms with Crippen molar-refractivity contribution in [3.05, 3.63) is 71.4 Å². The molecule has 146 valence electrons. The summed E-state index contributed by atoms with van der Waals surface area (Å²) >= 11 is 0. The van der Waals surface area contributed by atoms with Crippen LogP contribution in [0.4, 0.5) is 0 Å². The van der Waals surface area contributed by atoms with Crippen LogP contribution in [-0.4, -0.2) is 29.3 Å². The maximum absolute atomic E-state index is 13.2. The van der Waals surface area contributed by atoms with E-state index in [9.17, 15) is 4.79 Å². The van der Waals surface area contributed by atoms with E-state index in [-0.39, 0.29) is 11.9 Å². The van der Waals surface area contributed by atoms with Gasteiger partial charge in [-0.2, -0.15) is 5.10 Å².